The van der Waals surface area contributed by atoms with Gasteiger partial charge in [-0.3, -0.25) is 0 Å². The summed E-state index contributed by atoms with van der Waals surface area (Å²) in [5.74, 6) is 0.188. The van der Waals surface area contributed by atoms with E-state index in [0.717, 1.165) is 17.5 Å². The Hall–Kier alpha value is -3.03. The summed E-state index contributed by atoms with van der Waals surface area (Å²) in [7, 11) is 0. The second kappa shape index (κ2) is 4.98. The number of aromatic amines is 1. The normalized spacial score (nSPS) is 15.8. The highest BCUT2D eigenvalue weighted by molar-refractivity contribution is 5.93. The molecule has 126 valence electrons. The first-order valence-electron chi connectivity index (χ1n) is 8.19. The quantitative estimate of drug-likeness (QED) is 0.598. The minimum atomic E-state index is -0.416. The average Bonchev–Trinajstić information content (AvgIpc) is 3.02. The van der Waals surface area contributed by atoms with E-state index in [2.05, 4.69) is 37.3 Å². The number of pyridine rings is 1. The maximum Gasteiger partial charge on any atom is 0.224 e. The van der Waals surface area contributed by atoms with Gasteiger partial charge in [0.25, 0.3) is 0 Å². The lowest BCUT2D eigenvalue weighted by molar-refractivity contribution is 0.608. The molecule has 4 aromatic rings. The van der Waals surface area contributed by atoms with E-state index in [1.807, 2.05) is 6.20 Å². The van der Waals surface area contributed by atoms with E-state index in [0.29, 0.717) is 22.6 Å². The maximum atomic E-state index is 14.2. The minimum Gasteiger partial charge on any atom is -0.354 e. The number of rotatable bonds is 4. The van der Waals surface area contributed by atoms with Crippen LogP contribution in [0.15, 0.2) is 31.0 Å². The fourth-order valence-corrected chi connectivity index (χ4v) is 2.95. The van der Waals surface area contributed by atoms with Gasteiger partial charge in [-0.2, -0.15) is 10.1 Å². The number of anilines is 1. The molecule has 7 nitrogen and oxygen atoms in total. The first kappa shape index (κ1) is 14.3. The summed E-state index contributed by atoms with van der Waals surface area (Å²) in [5, 5.41) is 8.14. The van der Waals surface area contributed by atoms with Gasteiger partial charge >= 0.3 is 0 Å². The summed E-state index contributed by atoms with van der Waals surface area (Å²) in [6.45, 7) is 3.13. The third-order valence-electron chi connectivity index (χ3n) is 4.85. The molecule has 1 fully saturated rings. The lowest BCUT2D eigenvalue weighted by Crippen LogP contribution is -2.13. The first-order chi connectivity index (χ1) is 12.1. The van der Waals surface area contributed by atoms with Crippen LogP contribution in [0.1, 0.15) is 19.8 Å². The lowest BCUT2D eigenvalue weighted by Gasteiger charge is -2.09. The second-order valence-electron chi connectivity index (χ2n) is 6.93. The minimum absolute atomic E-state index is 0.208. The summed E-state index contributed by atoms with van der Waals surface area (Å²) in [5.41, 5.74) is 2.82. The largest absolute Gasteiger partial charge is 0.354 e. The van der Waals surface area contributed by atoms with Crippen LogP contribution >= 0.6 is 0 Å². The van der Waals surface area contributed by atoms with Crippen molar-refractivity contribution < 1.29 is 4.39 Å². The number of aromatic nitrogens is 6. The zero-order chi connectivity index (χ0) is 17.0. The highest BCUT2D eigenvalue weighted by atomic mass is 19.1. The smallest absolute Gasteiger partial charge is 0.224 e. The Kier molecular flexibility index (Phi) is 2.85. The van der Waals surface area contributed by atoms with Gasteiger partial charge in [-0.05, 0) is 24.3 Å². The van der Waals surface area contributed by atoms with Gasteiger partial charge in [0.2, 0.25) is 5.95 Å². The van der Waals surface area contributed by atoms with Crippen molar-refractivity contribution in [3.8, 4) is 11.1 Å². The number of hydrogen-bond acceptors (Lipinski definition) is 5. The molecule has 1 aliphatic carbocycles. The third kappa shape index (κ3) is 2.41. The Balaban J connectivity index is 1.52. The predicted molar refractivity (Wildman–Crippen MR) is 91.7 cm³/mol. The number of halogens is 1. The van der Waals surface area contributed by atoms with Gasteiger partial charge in [0, 0.05) is 41.6 Å². The van der Waals surface area contributed by atoms with E-state index in [-0.39, 0.29) is 5.65 Å². The molecule has 1 saturated carbocycles. The van der Waals surface area contributed by atoms with Crippen molar-refractivity contribution in [2.24, 2.45) is 5.41 Å². The van der Waals surface area contributed by atoms with Crippen molar-refractivity contribution in [1.29, 1.82) is 0 Å². The lowest BCUT2D eigenvalue weighted by atomic mass is 10.1. The molecule has 0 aliphatic heterocycles. The number of H-pyrrole nitrogens is 1. The molecule has 25 heavy (non-hydrogen) atoms. The Morgan fingerprint density at radius 3 is 3.08 bits per heavy atom. The Morgan fingerprint density at radius 2 is 2.24 bits per heavy atom. The maximum absolute atomic E-state index is 14.2. The van der Waals surface area contributed by atoms with E-state index >= 15 is 0 Å². The number of nitrogens with zero attached hydrogens (tertiary/aromatic N) is 5. The SMILES string of the molecule is CC1(CNc2ncc3c(-c4cc(F)c5ncnn5c4)c[nH]c3n2)CC1. The van der Waals surface area contributed by atoms with Crippen LogP contribution < -0.4 is 5.32 Å². The van der Waals surface area contributed by atoms with Crippen LogP contribution in [-0.2, 0) is 0 Å². The Labute approximate surface area is 142 Å². The fraction of sp³-hybridized carbons (Fsp3) is 0.294. The third-order valence-corrected chi connectivity index (χ3v) is 4.85. The zero-order valence-electron chi connectivity index (χ0n) is 13.6. The molecule has 4 aromatic heterocycles. The van der Waals surface area contributed by atoms with Crippen LogP contribution in [0.3, 0.4) is 0 Å². The molecule has 2 N–H and O–H groups in total. The fourth-order valence-electron chi connectivity index (χ4n) is 2.95. The van der Waals surface area contributed by atoms with E-state index in [9.17, 15) is 4.39 Å². The van der Waals surface area contributed by atoms with E-state index in [4.69, 9.17) is 0 Å². The summed E-state index contributed by atoms with van der Waals surface area (Å²) >= 11 is 0. The number of nitrogens with one attached hydrogen (secondary N) is 2. The van der Waals surface area contributed by atoms with Crippen LogP contribution in [-0.4, -0.2) is 36.1 Å². The van der Waals surface area contributed by atoms with Crippen molar-refractivity contribution in [3.05, 3.63) is 36.8 Å². The van der Waals surface area contributed by atoms with Crippen molar-refractivity contribution in [1.82, 2.24) is 29.5 Å². The van der Waals surface area contributed by atoms with Gasteiger partial charge in [-0.25, -0.2) is 18.9 Å². The highest BCUT2D eigenvalue weighted by Gasteiger charge is 2.36. The molecule has 0 bridgehead atoms. The molecule has 5 rings (SSSR count). The highest BCUT2D eigenvalue weighted by Crippen LogP contribution is 2.44. The van der Waals surface area contributed by atoms with Crippen LogP contribution in [0.5, 0.6) is 0 Å². The van der Waals surface area contributed by atoms with Gasteiger partial charge in [-0.1, -0.05) is 6.92 Å². The molecule has 0 aromatic carbocycles. The van der Waals surface area contributed by atoms with Gasteiger partial charge in [0.1, 0.15) is 12.0 Å². The summed E-state index contributed by atoms with van der Waals surface area (Å²) in [6, 6.07) is 1.45. The van der Waals surface area contributed by atoms with Gasteiger partial charge in [0.15, 0.2) is 11.5 Å². The zero-order valence-corrected chi connectivity index (χ0v) is 13.6. The van der Waals surface area contributed by atoms with E-state index < -0.39 is 5.82 Å². The molecular weight excluding hydrogens is 321 g/mol. The average molecular weight is 337 g/mol. The number of fused-ring (bicyclic) bond motifs is 2. The second-order valence-corrected chi connectivity index (χ2v) is 6.93. The molecule has 0 saturated heterocycles. The van der Waals surface area contributed by atoms with E-state index in [1.54, 1.807) is 12.4 Å². The van der Waals surface area contributed by atoms with Gasteiger partial charge in [0.05, 0.1) is 0 Å². The summed E-state index contributed by atoms with van der Waals surface area (Å²) in [4.78, 5) is 16.0. The first-order valence-corrected chi connectivity index (χ1v) is 8.19. The molecule has 0 unspecified atom stereocenters. The van der Waals surface area contributed by atoms with Gasteiger partial charge in [-0.15, -0.1) is 0 Å². The van der Waals surface area contributed by atoms with Crippen LogP contribution in [0.4, 0.5) is 10.3 Å². The van der Waals surface area contributed by atoms with Crippen molar-refractivity contribution >= 4 is 22.6 Å². The predicted octanol–water partition coefficient (Wildman–Crippen LogP) is 3.02. The standard InChI is InChI=1S/C17H16FN7/c1-17(2-3-17)8-21-16-20-6-12-11(5-19-14(12)24-16)10-4-13(18)15-22-9-23-25(15)7-10/h4-7,9H,2-3,8H2,1H3,(H2,19,20,21,24). The molecule has 4 heterocycles. The monoisotopic (exact) mass is 337 g/mol. The topological polar surface area (TPSA) is 83.8 Å². The number of hydrogen-bond donors (Lipinski definition) is 2. The van der Waals surface area contributed by atoms with Crippen LogP contribution in [0.2, 0.25) is 0 Å². The van der Waals surface area contributed by atoms with Gasteiger partial charge < -0.3 is 10.3 Å². The Morgan fingerprint density at radius 1 is 1.36 bits per heavy atom. The van der Waals surface area contributed by atoms with Crippen LogP contribution in [0.25, 0.3) is 27.8 Å². The summed E-state index contributed by atoms with van der Waals surface area (Å²) < 4.78 is 15.6. The molecule has 8 heteroatoms. The van der Waals surface area contributed by atoms with Crippen molar-refractivity contribution in [2.75, 3.05) is 11.9 Å². The molecule has 0 spiro atoms. The Bertz CT molecular complexity index is 1090. The van der Waals surface area contributed by atoms with Crippen LogP contribution in [0, 0.1) is 11.2 Å². The molecular formula is C17H16FN7. The van der Waals surface area contributed by atoms with Crippen molar-refractivity contribution in [3.63, 3.8) is 0 Å². The summed E-state index contributed by atoms with van der Waals surface area (Å²) in [6.07, 6.45) is 9.13. The molecule has 0 radical (unpaired) electrons. The molecule has 1 aliphatic rings. The van der Waals surface area contributed by atoms with Crippen molar-refractivity contribution in [2.45, 2.75) is 19.8 Å². The molecule has 0 atom stereocenters. The van der Waals surface area contributed by atoms with E-state index in [1.165, 1.54) is 29.8 Å². The molecule has 0 amide bonds.